The average molecular weight is 198 g/mol. The zero-order valence-electron chi connectivity index (χ0n) is 9.45. The van der Waals surface area contributed by atoms with Crippen molar-refractivity contribution in [2.45, 2.75) is 31.8 Å². The summed E-state index contributed by atoms with van der Waals surface area (Å²) in [7, 11) is 4.21. The minimum Gasteiger partial charge on any atom is -0.386 e. The summed E-state index contributed by atoms with van der Waals surface area (Å²) in [4.78, 5) is 4.55. The number of nitrogens with one attached hydrogen (secondary N) is 1. The Kier molecular flexibility index (Phi) is 3.89. The SMILES string of the molecule is CC(C(=N)N)N(C)CC1CCCN1C. The lowest BCUT2D eigenvalue weighted by molar-refractivity contribution is 0.209. The van der Waals surface area contributed by atoms with Crippen molar-refractivity contribution < 1.29 is 0 Å². The Labute approximate surface area is 86.6 Å². The normalized spacial score (nSPS) is 25.6. The molecule has 0 spiro atoms. The van der Waals surface area contributed by atoms with Crippen molar-refractivity contribution in [2.75, 3.05) is 27.2 Å². The van der Waals surface area contributed by atoms with Gasteiger partial charge in [0.15, 0.2) is 0 Å². The Morgan fingerprint density at radius 2 is 2.36 bits per heavy atom. The fourth-order valence-corrected chi connectivity index (χ4v) is 1.94. The van der Waals surface area contributed by atoms with Crippen LogP contribution < -0.4 is 5.73 Å². The molecule has 2 unspecified atom stereocenters. The quantitative estimate of drug-likeness (QED) is 0.506. The number of amidine groups is 1. The molecule has 82 valence electrons. The number of nitrogens with zero attached hydrogens (tertiary/aromatic N) is 2. The van der Waals surface area contributed by atoms with Gasteiger partial charge in [-0.15, -0.1) is 0 Å². The van der Waals surface area contributed by atoms with E-state index < -0.39 is 0 Å². The van der Waals surface area contributed by atoms with Crippen LogP contribution in [-0.2, 0) is 0 Å². The molecule has 0 aromatic heterocycles. The molecule has 4 nitrogen and oxygen atoms in total. The van der Waals surface area contributed by atoms with Gasteiger partial charge < -0.3 is 10.6 Å². The van der Waals surface area contributed by atoms with Gasteiger partial charge in [0.2, 0.25) is 0 Å². The topological polar surface area (TPSA) is 56.4 Å². The third-order valence-corrected chi connectivity index (χ3v) is 3.28. The maximum absolute atomic E-state index is 7.38. The highest BCUT2D eigenvalue weighted by atomic mass is 15.2. The molecule has 2 atom stereocenters. The summed E-state index contributed by atoms with van der Waals surface area (Å²) in [5.74, 6) is 0.258. The van der Waals surface area contributed by atoms with Crippen LogP contribution in [-0.4, -0.2) is 54.9 Å². The lowest BCUT2D eigenvalue weighted by atomic mass is 10.2. The van der Waals surface area contributed by atoms with Crippen molar-refractivity contribution in [1.29, 1.82) is 5.41 Å². The molecule has 0 saturated carbocycles. The van der Waals surface area contributed by atoms with E-state index in [0.717, 1.165) is 6.54 Å². The van der Waals surface area contributed by atoms with Crippen LogP contribution >= 0.6 is 0 Å². The molecule has 0 bridgehead atoms. The molecule has 1 fully saturated rings. The molecule has 0 aromatic rings. The van der Waals surface area contributed by atoms with Gasteiger partial charge in [-0.1, -0.05) is 0 Å². The van der Waals surface area contributed by atoms with Crippen LogP contribution in [0.5, 0.6) is 0 Å². The van der Waals surface area contributed by atoms with Gasteiger partial charge in [-0.05, 0) is 40.4 Å². The predicted molar refractivity (Wildman–Crippen MR) is 59.7 cm³/mol. The van der Waals surface area contributed by atoms with Crippen LogP contribution in [0.1, 0.15) is 19.8 Å². The van der Waals surface area contributed by atoms with Gasteiger partial charge in [0.05, 0.1) is 6.04 Å². The van der Waals surface area contributed by atoms with Crippen LogP contribution in [0.15, 0.2) is 0 Å². The van der Waals surface area contributed by atoms with Gasteiger partial charge in [-0.3, -0.25) is 10.3 Å². The second kappa shape index (κ2) is 4.75. The third kappa shape index (κ3) is 2.69. The van der Waals surface area contributed by atoms with Crippen LogP contribution in [0.2, 0.25) is 0 Å². The first-order valence-corrected chi connectivity index (χ1v) is 5.26. The predicted octanol–water partition coefficient (Wildman–Crippen LogP) is 0.337. The van der Waals surface area contributed by atoms with E-state index in [1.165, 1.54) is 19.4 Å². The number of rotatable bonds is 4. The maximum Gasteiger partial charge on any atom is 0.108 e. The molecule has 4 heteroatoms. The van der Waals surface area contributed by atoms with E-state index in [2.05, 4.69) is 16.8 Å². The van der Waals surface area contributed by atoms with Crippen molar-refractivity contribution in [3.8, 4) is 0 Å². The van der Waals surface area contributed by atoms with E-state index in [4.69, 9.17) is 11.1 Å². The van der Waals surface area contributed by atoms with E-state index in [1.807, 2.05) is 14.0 Å². The first-order valence-electron chi connectivity index (χ1n) is 5.26. The van der Waals surface area contributed by atoms with Gasteiger partial charge in [0.1, 0.15) is 5.84 Å². The number of likely N-dealkylation sites (tertiary alicyclic amines) is 1. The standard InChI is InChI=1S/C10H22N4/c1-8(10(11)12)14(3)7-9-5-4-6-13(9)2/h8-9H,4-7H2,1-3H3,(H3,11,12). The average Bonchev–Trinajstić information content (AvgIpc) is 2.50. The summed E-state index contributed by atoms with van der Waals surface area (Å²) in [6.07, 6.45) is 2.56. The Hall–Kier alpha value is -0.610. The third-order valence-electron chi connectivity index (χ3n) is 3.28. The molecule has 14 heavy (non-hydrogen) atoms. The smallest absolute Gasteiger partial charge is 0.108 e. The molecular weight excluding hydrogens is 176 g/mol. The summed E-state index contributed by atoms with van der Waals surface area (Å²) in [5.41, 5.74) is 5.47. The lowest BCUT2D eigenvalue weighted by Gasteiger charge is -2.29. The number of hydrogen-bond acceptors (Lipinski definition) is 3. The van der Waals surface area contributed by atoms with Crippen molar-refractivity contribution in [1.82, 2.24) is 9.80 Å². The molecule has 0 radical (unpaired) electrons. The molecule has 3 N–H and O–H groups in total. The van der Waals surface area contributed by atoms with E-state index in [-0.39, 0.29) is 11.9 Å². The Balaban J connectivity index is 2.39. The van der Waals surface area contributed by atoms with E-state index in [9.17, 15) is 0 Å². The molecule has 1 rings (SSSR count). The summed E-state index contributed by atoms with van der Waals surface area (Å²) in [6.45, 7) is 4.20. The van der Waals surface area contributed by atoms with Crippen LogP contribution in [0.25, 0.3) is 0 Å². The highest BCUT2D eigenvalue weighted by Gasteiger charge is 2.24. The van der Waals surface area contributed by atoms with Gasteiger partial charge in [-0.25, -0.2) is 0 Å². The number of nitrogens with two attached hydrogens (primary N) is 1. The molecule has 1 aliphatic heterocycles. The van der Waals surface area contributed by atoms with E-state index in [0.29, 0.717) is 6.04 Å². The molecule has 1 heterocycles. The molecule has 0 aliphatic carbocycles. The maximum atomic E-state index is 7.38. The summed E-state index contributed by atoms with van der Waals surface area (Å²) in [6, 6.07) is 0.700. The molecule has 1 saturated heterocycles. The van der Waals surface area contributed by atoms with Crippen molar-refractivity contribution in [2.24, 2.45) is 5.73 Å². The lowest BCUT2D eigenvalue weighted by Crippen LogP contribution is -2.45. The molecule has 0 amide bonds. The fraction of sp³-hybridized carbons (Fsp3) is 0.900. The zero-order chi connectivity index (χ0) is 10.7. The van der Waals surface area contributed by atoms with Crippen LogP contribution in [0, 0.1) is 5.41 Å². The van der Waals surface area contributed by atoms with Crippen LogP contribution in [0.4, 0.5) is 0 Å². The zero-order valence-corrected chi connectivity index (χ0v) is 9.45. The largest absolute Gasteiger partial charge is 0.386 e. The van der Waals surface area contributed by atoms with Crippen molar-refractivity contribution >= 4 is 5.84 Å². The Morgan fingerprint density at radius 3 is 2.79 bits per heavy atom. The number of likely N-dealkylation sites (N-methyl/N-ethyl adjacent to an activating group) is 2. The minimum atomic E-state index is 0.0593. The highest BCUT2D eigenvalue weighted by molar-refractivity contribution is 5.82. The van der Waals surface area contributed by atoms with Crippen molar-refractivity contribution in [3.05, 3.63) is 0 Å². The van der Waals surface area contributed by atoms with E-state index in [1.54, 1.807) is 0 Å². The Bertz CT molecular complexity index is 204. The fourth-order valence-electron chi connectivity index (χ4n) is 1.94. The summed E-state index contributed by atoms with van der Waals surface area (Å²) >= 11 is 0. The summed E-state index contributed by atoms with van der Waals surface area (Å²) < 4.78 is 0. The van der Waals surface area contributed by atoms with E-state index >= 15 is 0 Å². The first-order chi connectivity index (χ1) is 6.52. The molecular formula is C10H22N4. The van der Waals surface area contributed by atoms with Gasteiger partial charge in [-0.2, -0.15) is 0 Å². The van der Waals surface area contributed by atoms with Crippen molar-refractivity contribution in [3.63, 3.8) is 0 Å². The molecule has 0 aromatic carbocycles. The second-order valence-electron chi connectivity index (χ2n) is 4.35. The van der Waals surface area contributed by atoms with Gasteiger partial charge in [0, 0.05) is 12.6 Å². The monoisotopic (exact) mass is 198 g/mol. The Morgan fingerprint density at radius 1 is 1.71 bits per heavy atom. The minimum absolute atomic E-state index is 0.0593. The first kappa shape index (κ1) is 11.5. The van der Waals surface area contributed by atoms with Crippen LogP contribution in [0.3, 0.4) is 0 Å². The van der Waals surface area contributed by atoms with Gasteiger partial charge in [0.25, 0.3) is 0 Å². The summed E-state index contributed by atoms with van der Waals surface area (Å²) in [5, 5.41) is 7.38. The second-order valence-corrected chi connectivity index (χ2v) is 4.35. The highest BCUT2D eigenvalue weighted by Crippen LogP contribution is 2.15. The van der Waals surface area contributed by atoms with Gasteiger partial charge >= 0.3 is 0 Å². The molecule has 1 aliphatic rings. The number of hydrogen-bond donors (Lipinski definition) is 2.